The van der Waals surface area contributed by atoms with Crippen LogP contribution in [0.2, 0.25) is 0 Å². The minimum atomic E-state index is -0.380. The maximum absolute atomic E-state index is 11.4. The highest BCUT2D eigenvalue weighted by Gasteiger charge is 2.25. The molecule has 6 heteroatoms. The Hall–Kier alpha value is -1.82. The van der Waals surface area contributed by atoms with Crippen LogP contribution in [0.3, 0.4) is 0 Å². The van der Waals surface area contributed by atoms with E-state index < -0.39 is 0 Å². The van der Waals surface area contributed by atoms with Gasteiger partial charge in [-0.05, 0) is 51.7 Å². The fraction of sp³-hybridized carbons (Fsp3) is 0.600. The van der Waals surface area contributed by atoms with E-state index in [2.05, 4.69) is 5.32 Å². The Morgan fingerprint density at radius 2 is 2.00 bits per heavy atom. The van der Waals surface area contributed by atoms with Crippen molar-refractivity contribution in [2.24, 2.45) is 5.73 Å². The predicted molar refractivity (Wildman–Crippen MR) is 82.7 cm³/mol. The highest BCUT2D eigenvalue weighted by molar-refractivity contribution is 5.68. The predicted octanol–water partition coefficient (Wildman–Crippen LogP) is 3.06. The smallest absolute Gasteiger partial charge is 0.333 e. The zero-order chi connectivity index (χ0) is 15.4. The number of ether oxygens (including phenoxy) is 1. The van der Waals surface area contributed by atoms with E-state index in [1.165, 1.54) is 0 Å². The first-order valence-corrected chi connectivity index (χ1v) is 7.43. The fourth-order valence-electron chi connectivity index (χ4n) is 2.66. The van der Waals surface area contributed by atoms with E-state index in [4.69, 9.17) is 10.5 Å². The summed E-state index contributed by atoms with van der Waals surface area (Å²) in [6.45, 7) is 3.71. The van der Waals surface area contributed by atoms with Gasteiger partial charge in [-0.1, -0.05) is 6.07 Å². The van der Waals surface area contributed by atoms with Crippen LogP contribution in [-0.4, -0.2) is 23.1 Å². The van der Waals surface area contributed by atoms with Crippen LogP contribution in [0.4, 0.5) is 11.4 Å². The fourth-order valence-corrected chi connectivity index (χ4v) is 2.66. The lowest BCUT2D eigenvalue weighted by atomic mass is 9.91. The minimum absolute atomic E-state index is 0.0149. The molecular formula is C15H23N3O3. The first kappa shape index (κ1) is 15.6. The molecule has 3 N–H and O–H groups in total. The first-order valence-electron chi connectivity index (χ1n) is 7.43. The van der Waals surface area contributed by atoms with E-state index in [0.29, 0.717) is 11.4 Å². The van der Waals surface area contributed by atoms with E-state index in [9.17, 15) is 10.1 Å². The van der Waals surface area contributed by atoms with Gasteiger partial charge in [0.1, 0.15) is 5.69 Å². The number of nitrogens with one attached hydrogen (secondary N) is 1. The van der Waals surface area contributed by atoms with Crippen LogP contribution < -0.4 is 15.8 Å². The molecule has 1 aromatic carbocycles. The minimum Gasteiger partial charge on any atom is -0.484 e. The zero-order valence-electron chi connectivity index (χ0n) is 12.5. The first-order chi connectivity index (χ1) is 9.97. The summed E-state index contributed by atoms with van der Waals surface area (Å²) in [6.07, 6.45) is 3.68. The van der Waals surface area contributed by atoms with Gasteiger partial charge in [-0.15, -0.1) is 0 Å². The summed E-state index contributed by atoms with van der Waals surface area (Å²) in [4.78, 5) is 11.0. The van der Waals surface area contributed by atoms with Gasteiger partial charge in [0.05, 0.1) is 11.0 Å². The SMILES string of the molecule is CC(C)Oc1cccc(NC2CCC(N)CC2)c1[N+](=O)[O-]. The van der Waals surface area contributed by atoms with Crippen molar-refractivity contribution in [3.8, 4) is 5.75 Å². The second-order valence-corrected chi connectivity index (χ2v) is 5.83. The maximum atomic E-state index is 11.4. The van der Waals surface area contributed by atoms with Crippen LogP contribution in [0.5, 0.6) is 5.75 Å². The summed E-state index contributed by atoms with van der Waals surface area (Å²) in [7, 11) is 0. The van der Waals surface area contributed by atoms with E-state index in [1.807, 2.05) is 13.8 Å². The van der Waals surface area contributed by atoms with Gasteiger partial charge in [0, 0.05) is 12.1 Å². The molecule has 0 spiro atoms. The molecule has 1 aliphatic rings. The van der Waals surface area contributed by atoms with Crippen LogP contribution in [-0.2, 0) is 0 Å². The summed E-state index contributed by atoms with van der Waals surface area (Å²) in [6, 6.07) is 5.65. The van der Waals surface area contributed by atoms with Crippen molar-refractivity contribution < 1.29 is 9.66 Å². The van der Waals surface area contributed by atoms with Crippen molar-refractivity contribution in [1.29, 1.82) is 0 Å². The lowest BCUT2D eigenvalue weighted by molar-refractivity contribution is -0.385. The molecule has 1 aliphatic carbocycles. The Balaban J connectivity index is 2.20. The molecule has 1 aromatic rings. The third-order valence-electron chi connectivity index (χ3n) is 3.68. The van der Waals surface area contributed by atoms with Gasteiger partial charge >= 0.3 is 5.69 Å². The van der Waals surface area contributed by atoms with Gasteiger partial charge in [-0.25, -0.2) is 0 Å². The average molecular weight is 293 g/mol. The van der Waals surface area contributed by atoms with Gasteiger partial charge in [-0.2, -0.15) is 0 Å². The Morgan fingerprint density at radius 3 is 2.57 bits per heavy atom. The summed E-state index contributed by atoms with van der Waals surface area (Å²) >= 11 is 0. The summed E-state index contributed by atoms with van der Waals surface area (Å²) in [5.41, 5.74) is 6.43. The number of para-hydroxylation sites is 1. The van der Waals surface area contributed by atoms with Gasteiger partial charge in [0.15, 0.2) is 5.75 Å². The maximum Gasteiger partial charge on any atom is 0.333 e. The largest absolute Gasteiger partial charge is 0.484 e. The number of rotatable bonds is 5. The molecule has 0 aromatic heterocycles. The molecule has 21 heavy (non-hydrogen) atoms. The normalized spacial score (nSPS) is 22.1. The molecule has 0 radical (unpaired) electrons. The highest BCUT2D eigenvalue weighted by atomic mass is 16.6. The molecule has 0 atom stereocenters. The molecule has 0 heterocycles. The van der Waals surface area contributed by atoms with Crippen molar-refractivity contribution in [3.05, 3.63) is 28.3 Å². The number of anilines is 1. The number of hydrogen-bond acceptors (Lipinski definition) is 5. The highest BCUT2D eigenvalue weighted by Crippen LogP contribution is 2.36. The van der Waals surface area contributed by atoms with Crippen LogP contribution >= 0.6 is 0 Å². The van der Waals surface area contributed by atoms with Gasteiger partial charge in [0.2, 0.25) is 0 Å². The lowest BCUT2D eigenvalue weighted by Gasteiger charge is -2.27. The van der Waals surface area contributed by atoms with Crippen LogP contribution in [0.15, 0.2) is 18.2 Å². The Kier molecular flexibility index (Phi) is 5.01. The monoisotopic (exact) mass is 293 g/mol. The second kappa shape index (κ2) is 6.76. The van der Waals surface area contributed by atoms with E-state index >= 15 is 0 Å². The number of nitrogens with two attached hydrogens (primary N) is 1. The molecule has 116 valence electrons. The van der Waals surface area contributed by atoms with E-state index in [1.54, 1.807) is 18.2 Å². The molecule has 0 amide bonds. The zero-order valence-corrected chi connectivity index (χ0v) is 12.5. The molecule has 0 aliphatic heterocycles. The quantitative estimate of drug-likeness (QED) is 0.643. The van der Waals surface area contributed by atoms with E-state index in [-0.39, 0.29) is 28.8 Å². The lowest BCUT2D eigenvalue weighted by Crippen LogP contribution is -2.32. The van der Waals surface area contributed by atoms with Crippen molar-refractivity contribution in [2.75, 3.05) is 5.32 Å². The third-order valence-corrected chi connectivity index (χ3v) is 3.68. The molecule has 0 saturated heterocycles. The van der Waals surface area contributed by atoms with Gasteiger partial charge in [-0.3, -0.25) is 10.1 Å². The molecular weight excluding hydrogens is 270 g/mol. The van der Waals surface area contributed by atoms with Crippen LogP contribution in [0, 0.1) is 10.1 Å². The molecule has 0 unspecified atom stereocenters. The summed E-state index contributed by atoms with van der Waals surface area (Å²) < 4.78 is 5.55. The topological polar surface area (TPSA) is 90.4 Å². The molecule has 2 rings (SSSR count). The summed E-state index contributed by atoms with van der Waals surface area (Å²) in [5.74, 6) is 0.313. The van der Waals surface area contributed by atoms with Crippen LogP contribution in [0.1, 0.15) is 39.5 Å². The molecule has 1 fully saturated rings. The Morgan fingerprint density at radius 1 is 1.33 bits per heavy atom. The second-order valence-electron chi connectivity index (χ2n) is 5.83. The van der Waals surface area contributed by atoms with Crippen molar-refractivity contribution in [2.45, 2.75) is 57.7 Å². The van der Waals surface area contributed by atoms with E-state index in [0.717, 1.165) is 25.7 Å². The molecule has 1 saturated carbocycles. The van der Waals surface area contributed by atoms with Crippen molar-refractivity contribution in [3.63, 3.8) is 0 Å². The van der Waals surface area contributed by atoms with Crippen molar-refractivity contribution in [1.82, 2.24) is 0 Å². The number of benzene rings is 1. The Bertz CT molecular complexity index is 497. The van der Waals surface area contributed by atoms with Gasteiger partial charge < -0.3 is 15.8 Å². The van der Waals surface area contributed by atoms with Crippen molar-refractivity contribution >= 4 is 11.4 Å². The molecule has 0 bridgehead atoms. The van der Waals surface area contributed by atoms with Crippen LogP contribution in [0.25, 0.3) is 0 Å². The number of hydrogen-bond donors (Lipinski definition) is 2. The standard InChI is InChI=1S/C15H23N3O3/c1-10(2)21-14-5-3-4-13(15(14)18(19)20)17-12-8-6-11(16)7-9-12/h3-5,10-12,17H,6-9,16H2,1-2H3. The third kappa shape index (κ3) is 4.07. The Labute approximate surface area is 124 Å². The average Bonchev–Trinajstić information content (AvgIpc) is 2.40. The number of nitro groups is 1. The number of nitro benzene ring substituents is 1. The summed E-state index contributed by atoms with van der Waals surface area (Å²) in [5, 5.41) is 14.7. The number of nitrogens with zero attached hydrogens (tertiary/aromatic N) is 1. The molecule has 6 nitrogen and oxygen atoms in total. The van der Waals surface area contributed by atoms with Gasteiger partial charge in [0.25, 0.3) is 0 Å².